The maximum Gasteiger partial charge on any atom is 0.290 e. The normalized spacial score (nSPS) is 20.4. The number of para-hydroxylation sites is 1. The third kappa shape index (κ3) is 4.01. The quantitative estimate of drug-likeness (QED) is 0.721. The van der Waals surface area contributed by atoms with Gasteiger partial charge in [0.2, 0.25) is 0 Å². The van der Waals surface area contributed by atoms with Crippen molar-refractivity contribution in [2.45, 2.75) is 12.5 Å². The lowest BCUT2D eigenvalue weighted by Crippen LogP contribution is -2.38. The Morgan fingerprint density at radius 1 is 1.41 bits per heavy atom. The summed E-state index contributed by atoms with van der Waals surface area (Å²) in [6.45, 7) is 1.28. The molecule has 8 nitrogen and oxygen atoms in total. The van der Waals surface area contributed by atoms with E-state index in [0.717, 1.165) is 29.4 Å². The van der Waals surface area contributed by atoms with Gasteiger partial charge < -0.3 is 14.8 Å². The van der Waals surface area contributed by atoms with Gasteiger partial charge in [-0.1, -0.05) is 23.7 Å². The van der Waals surface area contributed by atoms with E-state index in [2.05, 4.69) is 20.5 Å². The van der Waals surface area contributed by atoms with Gasteiger partial charge in [0.25, 0.3) is 17.1 Å². The van der Waals surface area contributed by atoms with Crippen molar-refractivity contribution >= 4 is 52.2 Å². The number of aromatic nitrogens is 2. The van der Waals surface area contributed by atoms with Crippen molar-refractivity contribution in [3.05, 3.63) is 51.9 Å². The second kappa shape index (κ2) is 7.92. The molecule has 1 aromatic carbocycles. The average Bonchev–Trinajstić information content (AvgIpc) is 3.36. The number of rotatable bonds is 4. The Hall–Kier alpha value is -2.78. The summed E-state index contributed by atoms with van der Waals surface area (Å²) in [5.41, 5.74) is 1.53. The van der Waals surface area contributed by atoms with Crippen LogP contribution < -0.4 is 15.5 Å². The van der Waals surface area contributed by atoms with E-state index in [-0.39, 0.29) is 17.2 Å². The Morgan fingerprint density at radius 3 is 2.93 bits per heavy atom. The van der Waals surface area contributed by atoms with E-state index in [4.69, 9.17) is 11.6 Å². The monoisotopic (exact) mass is 431 g/mol. The molecule has 2 aliphatic heterocycles. The first-order valence-corrected chi connectivity index (χ1v) is 10.2. The first-order valence-electron chi connectivity index (χ1n) is 8.99. The molecule has 1 unspecified atom stereocenters. The van der Waals surface area contributed by atoms with Crippen LogP contribution in [0.2, 0.25) is 5.02 Å². The molecule has 0 bridgehead atoms. The number of carbonyl (C=O) groups is 3. The largest absolute Gasteiger partial charge is 0.368 e. The van der Waals surface area contributed by atoms with Crippen LogP contribution in [-0.2, 0) is 11.8 Å². The lowest BCUT2D eigenvalue weighted by Gasteiger charge is -2.23. The molecule has 2 aromatic rings. The molecule has 1 atom stereocenters. The number of amides is 3. The van der Waals surface area contributed by atoms with Crippen molar-refractivity contribution in [3.63, 3.8) is 0 Å². The maximum atomic E-state index is 12.4. The van der Waals surface area contributed by atoms with Crippen LogP contribution in [-0.4, -0.2) is 45.7 Å². The van der Waals surface area contributed by atoms with E-state index in [1.54, 1.807) is 42.2 Å². The molecule has 29 heavy (non-hydrogen) atoms. The molecule has 0 spiro atoms. The second-order valence-electron chi connectivity index (χ2n) is 6.80. The Bertz CT molecular complexity index is 1030. The van der Waals surface area contributed by atoms with E-state index >= 15 is 0 Å². The number of nitrogens with zero attached hydrogens (tertiary/aromatic N) is 3. The molecule has 3 amide bonds. The third-order valence-corrected chi connectivity index (χ3v) is 5.93. The molecule has 2 saturated heterocycles. The molecule has 3 heterocycles. The number of halogens is 1. The first kappa shape index (κ1) is 19.5. The smallest absolute Gasteiger partial charge is 0.290 e. The van der Waals surface area contributed by atoms with Gasteiger partial charge in [0, 0.05) is 44.1 Å². The highest BCUT2D eigenvalue weighted by atomic mass is 35.5. The van der Waals surface area contributed by atoms with Gasteiger partial charge in [-0.05, 0) is 30.3 Å². The van der Waals surface area contributed by atoms with E-state index in [0.29, 0.717) is 28.8 Å². The van der Waals surface area contributed by atoms with Crippen LogP contribution in [0.1, 0.15) is 22.6 Å². The molecule has 4 rings (SSSR count). The van der Waals surface area contributed by atoms with Crippen LogP contribution >= 0.6 is 23.4 Å². The molecular formula is C19H18ClN5O3S. The SMILES string of the molecule is Cn1ccnc1C(=O)NC1CCN(c2c(Cl)cccc2/C=C2\SC(=O)NC2=O)C1. The van der Waals surface area contributed by atoms with E-state index in [1.165, 1.54) is 0 Å². The molecular weight excluding hydrogens is 414 g/mol. The molecule has 0 aliphatic carbocycles. The number of imide groups is 1. The topological polar surface area (TPSA) is 96.3 Å². The maximum absolute atomic E-state index is 12.4. The first-order chi connectivity index (χ1) is 13.9. The molecule has 0 saturated carbocycles. The van der Waals surface area contributed by atoms with Crippen LogP contribution in [0.5, 0.6) is 0 Å². The predicted octanol–water partition coefficient (Wildman–Crippen LogP) is 2.41. The van der Waals surface area contributed by atoms with Gasteiger partial charge in [-0.2, -0.15) is 0 Å². The van der Waals surface area contributed by atoms with Crippen LogP contribution in [0.15, 0.2) is 35.5 Å². The van der Waals surface area contributed by atoms with Gasteiger partial charge in [0.15, 0.2) is 5.82 Å². The minimum atomic E-state index is -0.410. The number of thioether (sulfide) groups is 1. The zero-order valence-corrected chi connectivity index (χ0v) is 17.1. The summed E-state index contributed by atoms with van der Waals surface area (Å²) in [5.74, 6) is -0.267. The zero-order chi connectivity index (χ0) is 20.5. The third-order valence-electron chi connectivity index (χ3n) is 4.81. The summed E-state index contributed by atoms with van der Waals surface area (Å²) in [6, 6.07) is 5.38. The Balaban J connectivity index is 1.53. The highest BCUT2D eigenvalue weighted by Gasteiger charge is 2.29. The molecule has 2 N–H and O–H groups in total. The minimum Gasteiger partial charge on any atom is -0.368 e. The summed E-state index contributed by atoms with van der Waals surface area (Å²) in [6.07, 6.45) is 5.74. The minimum absolute atomic E-state index is 0.0540. The van der Waals surface area contributed by atoms with Crippen LogP contribution in [0.4, 0.5) is 10.5 Å². The van der Waals surface area contributed by atoms with E-state index in [1.807, 2.05) is 6.07 Å². The van der Waals surface area contributed by atoms with Crippen molar-refractivity contribution < 1.29 is 14.4 Å². The predicted molar refractivity (Wildman–Crippen MR) is 112 cm³/mol. The highest BCUT2D eigenvalue weighted by molar-refractivity contribution is 8.18. The van der Waals surface area contributed by atoms with Gasteiger partial charge in [0.1, 0.15) is 0 Å². The summed E-state index contributed by atoms with van der Waals surface area (Å²) in [5, 5.41) is 5.42. The Kier molecular flexibility index (Phi) is 5.33. The fourth-order valence-corrected chi connectivity index (χ4v) is 4.43. The molecule has 0 radical (unpaired) electrons. The van der Waals surface area contributed by atoms with E-state index < -0.39 is 5.91 Å². The lowest BCUT2D eigenvalue weighted by atomic mass is 10.1. The van der Waals surface area contributed by atoms with Crippen molar-refractivity contribution in [1.82, 2.24) is 20.2 Å². The molecule has 2 aliphatic rings. The number of carbonyl (C=O) groups excluding carboxylic acids is 3. The Morgan fingerprint density at radius 2 is 2.24 bits per heavy atom. The van der Waals surface area contributed by atoms with E-state index in [9.17, 15) is 14.4 Å². The summed E-state index contributed by atoms with van der Waals surface area (Å²) >= 11 is 7.34. The van der Waals surface area contributed by atoms with Crippen molar-refractivity contribution in [2.24, 2.45) is 7.05 Å². The van der Waals surface area contributed by atoms with Gasteiger partial charge in [0.05, 0.1) is 15.6 Å². The molecule has 1 aromatic heterocycles. The zero-order valence-electron chi connectivity index (χ0n) is 15.5. The van der Waals surface area contributed by atoms with Crippen LogP contribution in [0.25, 0.3) is 6.08 Å². The van der Waals surface area contributed by atoms with Gasteiger partial charge in [-0.15, -0.1) is 0 Å². The van der Waals surface area contributed by atoms with Crippen molar-refractivity contribution in [1.29, 1.82) is 0 Å². The highest BCUT2D eigenvalue weighted by Crippen LogP contribution is 2.36. The standard InChI is InChI=1S/C19H18ClN5O3S/c1-24-8-6-21-16(24)18(27)22-12-5-7-25(10-12)15-11(3-2-4-13(15)20)9-14-17(26)23-19(28)29-14/h2-4,6,8-9,12H,5,7,10H2,1H3,(H,22,27)(H,23,26,28)/b14-9-. The molecule has 10 heteroatoms. The Labute approximate surface area is 176 Å². The van der Waals surface area contributed by atoms with Crippen LogP contribution in [0, 0.1) is 0 Å². The number of hydrogen-bond acceptors (Lipinski definition) is 6. The van der Waals surface area contributed by atoms with Gasteiger partial charge in [-0.25, -0.2) is 4.98 Å². The number of benzene rings is 1. The fourth-order valence-electron chi connectivity index (χ4n) is 3.46. The van der Waals surface area contributed by atoms with Crippen molar-refractivity contribution in [3.8, 4) is 0 Å². The van der Waals surface area contributed by atoms with Gasteiger partial charge in [-0.3, -0.25) is 19.7 Å². The lowest BCUT2D eigenvalue weighted by molar-refractivity contribution is -0.115. The second-order valence-corrected chi connectivity index (χ2v) is 8.22. The molecule has 150 valence electrons. The summed E-state index contributed by atoms with van der Waals surface area (Å²) in [7, 11) is 1.77. The van der Waals surface area contributed by atoms with Crippen LogP contribution in [0.3, 0.4) is 0 Å². The number of nitrogens with one attached hydrogen (secondary N) is 2. The number of imidazole rings is 1. The van der Waals surface area contributed by atoms with Gasteiger partial charge >= 0.3 is 0 Å². The van der Waals surface area contributed by atoms with Crippen molar-refractivity contribution in [2.75, 3.05) is 18.0 Å². The summed E-state index contributed by atoms with van der Waals surface area (Å²) < 4.78 is 1.67. The number of anilines is 1. The average molecular weight is 432 g/mol. The summed E-state index contributed by atoms with van der Waals surface area (Å²) in [4.78, 5) is 42.2. The number of aryl methyl sites for hydroxylation is 1. The molecule has 2 fully saturated rings. The fraction of sp³-hybridized carbons (Fsp3) is 0.263. The number of hydrogen-bond donors (Lipinski definition) is 2.